The monoisotopic (exact) mass is 325 g/mol. The molecule has 2 aromatic carbocycles. The van der Waals surface area contributed by atoms with Crippen molar-refractivity contribution in [3.63, 3.8) is 0 Å². The third-order valence-electron chi connectivity index (χ3n) is 2.87. The van der Waals surface area contributed by atoms with Crippen LogP contribution in [0, 0.1) is 5.82 Å². The van der Waals surface area contributed by atoms with Crippen molar-refractivity contribution in [3.05, 3.63) is 58.4 Å². The van der Waals surface area contributed by atoms with Crippen LogP contribution in [0.1, 0.15) is 11.1 Å². The largest absolute Gasteiger partial charge is 0.494 e. The smallest absolute Gasteiger partial charge is 0.171 e. The highest BCUT2D eigenvalue weighted by Crippen LogP contribution is 2.28. The van der Waals surface area contributed by atoms with Crippen molar-refractivity contribution in [1.82, 2.24) is 0 Å². The van der Waals surface area contributed by atoms with Gasteiger partial charge in [-0.2, -0.15) is 0 Å². The third-order valence-corrected chi connectivity index (χ3v) is 3.39. The number of benzene rings is 2. The van der Waals surface area contributed by atoms with Crippen molar-refractivity contribution in [2.75, 3.05) is 7.11 Å². The quantitative estimate of drug-likeness (QED) is 0.851. The van der Waals surface area contributed by atoms with E-state index in [2.05, 4.69) is 0 Å². The van der Waals surface area contributed by atoms with Gasteiger partial charge in [0.1, 0.15) is 17.3 Å². The Morgan fingerprint density at radius 3 is 2.57 bits per heavy atom. The first-order valence-electron chi connectivity index (χ1n) is 6.07. The molecule has 0 atom stereocenters. The van der Waals surface area contributed by atoms with Gasteiger partial charge in [0.2, 0.25) is 0 Å². The molecule has 3 nitrogen and oxygen atoms in total. The van der Waals surface area contributed by atoms with Crippen LogP contribution >= 0.6 is 23.8 Å². The summed E-state index contributed by atoms with van der Waals surface area (Å²) in [6, 6.07) is 9.89. The Kier molecular flexibility index (Phi) is 4.98. The maximum Gasteiger partial charge on any atom is 0.171 e. The van der Waals surface area contributed by atoms with Crippen LogP contribution < -0.4 is 15.2 Å². The molecule has 0 heterocycles. The van der Waals surface area contributed by atoms with Gasteiger partial charge in [0, 0.05) is 5.56 Å². The minimum Gasteiger partial charge on any atom is -0.494 e. The molecule has 6 heteroatoms. The Labute approximate surface area is 132 Å². The van der Waals surface area contributed by atoms with Gasteiger partial charge < -0.3 is 15.2 Å². The van der Waals surface area contributed by atoms with Crippen LogP contribution in [0.4, 0.5) is 4.39 Å². The fourth-order valence-corrected chi connectivity index (χ4v) is 2.38. The first-order valence-corrected chi connectivity index (χ1v) is 6.85. The Morgan fingerprint density at radius 2 is 1.90 bits per heavy atom. The van der Waals surface area contributed by atoms with Crippen molar-refractivity contribution in [3.8, 4) is 11.5 Å². The number of hydrogen-bond acceptors (Lipinski definition) is 3. The summed E-state index contributed by atoms with van der Waals surface area (Å²) >= 11 is 11.0. The number of hydrogen-bond donors (Lipinski definition) is 1. The second-order valence-corrected chi connectivity index (χ2v) is 5.05. The lowest BCUT2D eigenvalue weighted by Crippen LogP contribution is -2.12. The molecule has 0 aliphatic heterocycles. The molecular formula is C15H13ClFNO2S. The van der Waals surface area contributed by atoms with Gasteiger partial charge in [-0.3, -0.25) is 0 Å². The van der Waals surface area contributed by atoms with Crippen molar-refractivity contribution < 1.29 is 13.9 Å². The molecule has 0 spiro atoms. The highest BCUT2D eigenvalue weighted by atomic mass is 35.5. The number of thiocarbonyl (C=S) groups is 1. The Balaban J connectivity index is 2.25. The van der Waals surface area contributed by atoms with Gasteiger partial charge in [-0.25, -0.2) is 4.39 Å². The minimum absolute atomic E-state index is 0.0129. The van der Waals surface area contributed by atoms with Crippen molar-refractivity contribution in [1.29, 1.82) is 0 Å². The lowest BCUT2D eigenvalue weighted by atomic mass is 10.2. The first kappa shape index (κ1) is 15.5. The van der Waals surface area contributed by atoms with Gasteiger partial charge >= 0.3 is 0 Å². The van der Waals surface area contributed by atoms with Crippen molar-refractivity contribution in [2.24, 2.45) is 5.73 Å². The van der Waals surface area contributed by atoms with Crippen LogP contribution in [0.25, 0.3) is 0 Å². The van der Waals surface area contributed by atoms with E-state index in [1.54, 1.807) is 36.4 Å². The SMILES string of the molecule is COc1cccc(COc2cccc(Cl)c2C(N)=S)c1F. The van der Waals surface area contributed by atoms with E-state index in [1.165, 1.54) is 7.11 Å². The molecule has 2 aromatic rings. The third kappa shape index (κ3) is 3.43. The lowest BCUT2D eigenvalue weighted by Gasteiger charge is -2.13. The Morgan fingerprint density at radius 1 is 1.24 bits per heavy atom. The fourth-order valence-electron chi connectivity index (χ4n) is 1.84. The topological polar surface area (TPSA) is 44.5 Å². The van der Waals surface area contributed by atoms with E-state index in [4.69, 9.17) is 39.0 Å². The van der Waals surface area contributed by atoms with E-state index in [0.29, 0.717) is 21.9 Å². The molecule has 0 aliphatic carbocycles. The number of rotatable bonds is 5. The molecule has 0 aromatic heterocycles. The van der Waals surface area contributed by atoms with Crippen LogP contribution in [0.5, 0.6) is 11.5 Å². The van der Waals surface area contributed by atoms with Crippen LogP contribution in [-0.2, 0) is 6.61 Å². The lowest BCUT2D eigenvalue weighted by molar-refractivity contribution is 0.295. The number of halogens is 2. The summed E-state index contributed by atoms with van der Waals surface area (Å²) in [5, 5.41) is 0.395. The predicted molar refractivity (Wildman–Crippen MR) is 84.6 cm³/mol. The van der Waals surface area contributed by atoms with Gasteiger partial charge in [-0.05, 0) is 18.2 Å². The fraction of sp³-hybridized carbons (Fsp3) is 0.133. The summed E-state index contributed by atoms with van der Waals surface area (Å²) in [7, 11) is 1.41. The van der Waals surface area contributed by atoms with Gasteiger partial charge in [0.25, 0.3) is 0 Å². The van der Waals surface area contributed by atoms with Crippen LogP contribution in [0.2, 0.25) is 5.02 Å². The molecule has 0 amide bonds. The molecule has 2 N–H and O–H groups in total. The molecule has 21 heavy (non-hydrogen) atoms. The number of methoxy groups -OCH3 is 1. The molecule has 110 valence electrons. The maximum atomic E-state index is 14.0. The summed E-state index contributed by atoms with van der Waals surface area (Å²) in [6.07, 6.45) is 0. The molecule has 0 saturated carbocycles. The summed E-state index contributed by atoms with van der Waals surface area (Å²) < 4.78 is 24.6. The van der Waals surface area contributed by atoms with Gasteiger partial charge in [0.05, 0.1) is 17.7 Å². The van der Waals surface area contributed by atoms with E-state index in [9.17, 15) is 4.39 Å². The first-order chi connectivity index (χ1) is 10.0. The van der Waals surface area contributed by atoms with Crippen molar-refractivity contribution in [2.45, 2.75) is 6.61 Å². The second-order valence-electron chi connectivity index (χ2n) is 4.20. The highest BCUT2D eigenvalue weighted by molar-refractivity contribution is 7.80. The molecule has 0 bridgehead atoms. The zero-order valence-corrected chi connectivity index (χ0v) is 12.8. The Hall–Kier alpha value is -1.85. The van der Waals surface area contributed by atoms with E-state index in [-0.39, 0.29) is 17.3 Å². The number of ether oxygens (including phenoxy) is 2. The summed E-state index contributed by atoms with van der Waals surface area (Å²) in [5.41, 5.74) is 6.44. The van der Waals surface area contributed by atoms with Gasteiger partial charge in [-0.1, -0.05) is 42.0 Å². The van der Waals surface area contributed by atoms with E-state index < -0.39 is 5.82 Å². The standard InChI is InChI=1S/C15H13ClFNO2S/c1-19-12-7-2-4-9(14(12)17)8-20-11-6-3-5-10(16)13(11)15(18)21/h2-7H,8H2,1H3,(H2,18,21). The zero-order valence-electron chi connectivity index (χ0n) is 11.2. The molecule has 0 aliphatic rings. The van der Waals surface area contributed by atoms with E-state index >= 15 is 0 Å². The zero-order chi connectivity index (χ0) is 15.4. The summed E-state index contributed by atoms with van der Waals surface area (Å²) in [5.74, 6) is 0.118. The molecule has 0 saturated heterocycles. The summed E-state index contributed by atoms with van der Waals surface area (Å²) in [4.78, 5) is 0.127. The summed E-state index contributed by atoms with van der Waals surface area (Å²) in [6.45, 7) is 0.0129. The van der Waals surface area contributed by atoms with Crippen LogP contribution in [0.15, 0.2) is 36.4 Å². The van der Waals surface area contributed by atoms with Crippen LogP contribution in [-0.4, -0.2) is 12.1 Å². The maximum absolute atomic E-state index is 14.0. The molecule has 2 rings (SSSR count). The van der Waals surface area contributed by atoms with Crippen molar-refractivity contribution >= 4 is 28.8 Å². The molecule has 0 radical (unpaired) electrons. The second kappa shape index (κ2) is 6.74. The minimum atomic E-state index is -0.459. The average Bonchev–Trinajstić information content (AvgIpc) is 2.45. The Bertz CT molecular complexity index is 679. The van der Waals surface area contributed by atoms with E-state index in [0.717, 1.165) is 0 Å². The predicted octanol–water partition coefficient (Wildman–Crippen LogP) is 3.70. The van der Waals surface area contributed by atoms with Crippen LogP contribution in [0.3, 0.4) is 0 Å². The molecule has 0 fully saturated rings. The number of nitrogens with two attached hydrogens (primary N) is 1. The van der Waals surface area contributed by atoms with Gasteiger partial charge in [-0.15, -0.1) is 0 Å². The normalized spacial score (nSPS) is 10.2. The molecule has 0 unspecified atom stereocenters. The molecular weight excluding hydrogens is 313 g/mol. The highest BCUT2D eigenvalue weighted by Gasteiger charge is 2.13. The average molecular weight is 326 g/mol. The van der Waals surface area contributed by atoms with Gasteiger partial charge in [0.15, 0.2) is 11.6 Å². The van der Waals surface area contributed by atoms with E-state index in [1.807, 2.05) is 0 Å².